The molecule has 1 aromatic rings. The lowest BCUT2D eigenvalue weighted by Gasteiger charge is -2.11. The van der Waals surface area contributed by atoms with Crippen molar-refractivity contribution in [3.63, 3.8) is 0 Å². The molecule has 78 valence electrons. The number of primary amides is 1. The lowest BCUT2D eigenvalue weighted by atomic mass is 10.0. The van der Waals surface area contributed by atoms with Crippen molar-refractivity contribution in [1.82, 2.24) is 5.01 Å². The first-order chi connectivity index (χ1) is 7.16. The highest BCUT2D eigenvalue weighted by Crippen LogP contribution is 2.20. The first-order valence-corrected chi connectivity index (χ1v) is 4.53. The normalized spacial score (nSPS) is 19.5. The van der Waals surface area contributed by atoms with Gasteiger partial charge in [-0.3, -0.25) is 0 Å². The van der Waals surface area contributed by atoms with Gasteiger partial charge in [-0.25, -0.2) is 14.2 Å². The molecule has 1 atom stereocenters. The highest BCUT2D eigenvalue weighted by Gasteiger charge is 2.22. The van der Waals surface area contributed by atoms with Crippen molar-refractivity contribution in [2.45, 2.75) is 5.92 Å². The van der Waals surface area contributed by atoms with Gasteiger partial charge in [0.15, 0.2) is 0 Å². The fraction of sp³-hybridized carbons (Fsp3) is 0.200. The minimum Gasteiger partial charge on any atom is -0.350 e. The zero-order valence-corrected chi connectivity index (χ0v) is 7.93. The highest BCUT2D eigenvalue weighted by molar-refractivity contribution is 5.78. The standard InChI is InChI=1S/C10H10FN3O/c11-9-3-1-7(2-4-9)8-5-13-14(6-8)10(12)15/h1-5,8H,6H2,(H2,12,15). The number of halogens is 1. The van der Waals surface area contributed by atoms with Crippen molar-refractivity contribution < 1.29 is 9.18 Å². The van der Waals surface area contributed by atoms with Crippen molar-refractivity contribution in [2.24, 2.45) is 10.8 Å². The summed E-state index contributed by atoms with van der Waals surface area (Å²) < 4.78 is 12.7. The van der Waals surface area contributed by atoms with E-state index < -0.39 is 6.03 Å². The Morgan fingerprint density at radius 3 is 2.67 bits per heavy atom. The monoisotopic (exact) mass is 207 g/mol. The fourth-order valence-corrected chi connectivity index (χ4v) is 1.49. The van der Waals surface area contributed by atoms with E-state index in [0.29, 0.717) is 6.54 Å². The maximum Gasteiger partial charge on any atom is 0.335 e. The van der Waals surface area contributed by atoms with E-state index in [-0.39, 0.29) is 11.7 Å². The molecule has 1 aliphatic heterocycles. The number of hydrogen-bond donors (Lipinski definition) is 1. The van der Waals surface area contributed by atoms with Crippen molar-refractivity contribution in [3.8, 4) is 0 Å². The number of rotatable bonds is 1. The van der Waals surface area contributed by atoms with Gasteiger partial charge < -0.3 is 5.73 Å². The molecule has 0 saturated heterocycles. The zero-order chi connectivity index (χ0) is 10.8. The van der Waals surface area contributed by atoms with Gasteiger partial charge in [0.05, 0.1) is 6.54 Å². The Morgan fingerprint density at radius 1 is 1.47 bits per heavy atom. The molecule has 2 amide bonds. The molecule has 1 aromatic carbocycles. The van der Waals surface area contributed by atoms with Crippen molar-refractivity contribution >= 4 is 12.2 Å². The predicted octanol–water partition coefficient (Wildman–Crippen LogP) is 1.29. The Bertz CT molecular complexity index is 402. The second-order valence-corrected chi connectivity index (χ2v) is 3.34. The molecule has 1 unspecified atom stereocenters. The van der Waals surface area contributed by atoms with E-state index >= 15 is 0 Å². The van der Waals surface area contributed by atoms with Gasteiger partial charge in [0, 0.05) is 12.1 Å². The molecular formula is C10H10FN3O. The van der Waals surface area contributed by atoms with E-state index in [0.717, 1.165) is 5.56 Å². The molecule has 1 aliphatic rings. The second-order valence-electron chi connectivity index (χ2n) is 3.34. The molecule has 0 fully saturated rings. The second kappa shape index (κ2) is 3.68. The summed E-state index contributed by atoms with van der Waals surface area (Å²) in [7, 11) is 0. The molecule has 0 spiro atoms. The van der Waals surface area contributed by atoms with E-state index in [9.17, 15) is 9.18 Å². The number of carbonyl (C=O) groups is 1. The van der Waals surface area contributed by atoms with Crippen LogP contribution in [0.5, 0.6) is 0 Å². The average Bonchev–Trinajstić information content (AvgIpc) is 2.68. The smallest absolute Gasteiger partial charge is 0.335 e. The minimum atomic E-state index is -0.573. The third kappa shape index (κ3) is 1.96. The number of hydrazone groups is 1. The number of benzene rings is 1. The van der Waals surface area contributed by atoms with Crippen LogP contribution in [0.3, 0.4) is 0 Å². The van der Waals surface area contributed by atoms with Crippen LogP contribution < -0.4 is 5.73 Å². The fourth-order valence-electron chi connectivity index (χ4n) is 1.49. The van der Waals surface area contributed by atoms with Crippen LogP contribution in [0, 0.1) is 5.82 Å². The summed E-state index contributed by atoms with van der Waals surface area (Å²) in [5.74, 6) is -0.279. The molecule has 2 rings (SSSR count). The van der Waals surface area contributed by atoms with Crippen LogP contribution in [0.15, 0.2) is 29.4 Å². The van der Waals surface area contributed by atoms with Gasteiger partial charge in [-0.05, 0) is 17.7 Å². The lowest BCUT2D eigenvalue weighted by molar-refractivity contribution is 0.214. The largest absolute Gasteiger partial charge is 0.350 e. The van der Waals surface area contributed by atoms with Gasteiger partial charge in [-0.15, -0.1) is 0 Å². The van der Waals surface area contributed by atoms with Crippen molar-refractivity contribution in [2.75, 3.05) is 6.54 Å². The summed E-state index contributed by atoms with van der Waals surface area (Å²) in [6.07, 6.45) is 1.64. The average molecular weight is 207 g/mol. The maximum atomic E-state index is 12.7. The van der Waals surface area contributed by atoms with Gasteiger partial charge in [-0.1, -0.05) is 12.1 Å². The third-order valence-electron chi connectivity index (χ3n) is 2.31. The van der Waals surface area contributed by atoms with Crippen molar-refractivity contribution in [1.29, 1.82) is 0 Å². The Kier molecular flexibility index (Phi) is 2.37. The van der Waals surface area contributed by atoms with E-state index in [2.05, 4.69) is 5.10 Å². The topological polar surface area (TPSA) is 58.7 Å². The Balaban J connectivity index is 2.12. The number of nitrogens with two attached hydrogens (primary N) is 1. The number of urea groups is 1. The van der Waals surface area contributed by atoms with E-state index in [1.165, 1.54) is 17.1 Å². The van der Waals surface area contributed by atoms with Crippen LogP contribution in [-0.4, -0.2) is 23.8 Å². The Morgan fingerprint density at radius 2 is 2.13 bits per heavy atom. The van der Waals surface area contributed by atoms with E-state index in [1.807, 2.05) is 0 Å². The van der Waals surface area contributed by atoms with Crippen LogP contribution in [0.25, 0.3) is 0 Å². The summed E-state index contributed by atoms with van der Waals surface area (Å²) in [5.41, 5.74) is 6.00. The summed E-state index contributed by atoms with van der Waals surface area (Å²) >= 11 is 0. The maximum absolute atomic E-state index is 12.7. The highest BCUT2D eigenvalue weighted by atomic mass is 19.1. The first kappa shape index (κ1) is 9.64. The van der Waals surface area contributed by atoms with Gasteiger partial charge in [0.1, 0.15) is 5.82 Å². The van der Waals surface area contributed by atoms with Crippen molar-refractivity contribution in [3.05, 3.63) is 35.6 Å². The minimum absolute atomic E-state index is 0.00176. The molecule has 15 heavy (non-hydrogen) atoms. The molecule has 5 heteroatoms. The molecule has 4 nitrogen and oxygen atoms in total. The number of amides is 2. The van der Waals surface area contributed by atoms with Gasteiger partial charge >= 0.3 is 6.03 Å². The third-order valence-corrected chi connectivity index (χ3v) is 2.31. The SMILES string of the molecule is NC(=O)N1CC(c2ccc(F)cc2)C=N1. The molecule has 0 radical (unpaired) electrons. The Labute approximate surface area is 86.2 Å². The van der Waals surface area contributed by atoms with Crippen LogP contribution in [-0.2, 0) is 0 Å². The summed E-state index contributed by atoms with van der Waals surface area (Å²) in [4.78, 5) is 10.8. The molecule has 1 heterocycles. The van der Waals surface area contributed by atoms with Gasteiger partial charge in [0.2, 0.25) is 0 Å². The Hall–Kier alpha value is -1.91. The summed E-state index contributed by atoms with van der Waals surface area (Å²) in [6.45, 7) is 0.418. The molecule has 0 saturated carbocycles. The number of carbonyl (C=O) groups excluding carboxylic acids is 1. The quantitative estimate of drug-likeness (QED) is 0.741. The lowest BCUT2D eigenvalue weighted by Crippen LogP contribution is -2.30. The molecular weight excluding hydrogens is 197 g/mol. The van der Waals surface area contributed by atoms with E-state index in [4.69, 9.17) is 5.73 Å². The van der Waals surface area contributed by atoms with Crippen LogP contribution in [0.1, 0.15) is 11.5 Å². The van der Waals surface area contributed by atoms with Crippen LogP contribution in [0.4, 0.5) is 9.18 Å². The number of hydrogen-bond acceptors (Lipinski definition) is 2. The van der Waals surface area contributed by atoms with Gasteiger partial charge in [0.25, 0.3) is 0 Å². The predicted molar refractivity (Wildman–Crippen MR) is 53.9 cm³/mol. The zero-order valence-electron chi connectivity index (χ0n) is 7.93. The molecule has 2 N–H and O–H groups in total. The van der Waals surface area contributed by atoms with Gasteiger partial charge in [-0.2, -0.15) is 5.10 Å². The molecule has 0 aliphatic carbocycles. The summed E-state index contributed by atoms with van der Waals surface area (Å²) in [5, 5.41) is 5.04. The molecule has 0 bridgehead atoms. The molecule has 0 aromatic heterocycles. The van der Waals surface area contributed by atoms with Crippen LogP contribution >= 0.6 is 0 Å². The van der Waals surface area contributed by atoms with Crippen LogP contribution in [0.2, 0.25) is 0 Å². The summed E-state index contributed by atoms with van der Waals surface area (Å²) in [6, 6.07) is 5.55. The van der Waals surface area contributed by atoms with E-state index in [1.54, 1.807) is 18.3 Å². The first-order valence-electron chi connectivity index (χ1n) is 4.53. The number of nitrogens with zero attached hydrogens (tertiary/aromatic N) is 2.